The van der Waals surface area contributed by atoms with Crippen LogP contribution >= 0.6 is 0 Å². The van der Waals surface area contributed by atoms with Crippen LogP contribution in [-0.4, -0.2) is 24.7 Å². The summed E-state index contributed by atoms with van der Waals surface area (Å²) in [6.45, 7) is 1.65. The molecular formula is C13H12F3N3O3S. The normalized spacial score (nSPS) is 12.2. The van der Waals surface area contributed by atoms with Gasteiger partial charge in [0.25, 0.3) is 0 Å². The summed E-state index contributed by atoms with van der Waals surface area (Å²) in [5.41, 5.74) is 1.10. The van der Waals surface area contributed by atoms with Crippen LogP contribution in [0.15, 0.2) is 41.6 Å². The summed E-state index contributed by atoms with van der Waals surface area (Å²) in [6, 6.07) is 3.88. The van der Waals surface area contributed by atoms with E-state index in [2.05, 4.69) is 19.4 Å². The highest BCUT2D eigenvalue weighted by Crippen LogP contribution is 2.23. The van der Waals surface area contributed by atoms with Crippen molar-refractivity contribution in [3.05, 3.63) is 48.0 Å². The van der Waals surface area contributed by atoms with Gasteiger partial charge in [0.15, 0.2) is 0 Å². The first kappa shape index (κ1) is 17.2. The lowest BCUT2D eigenvalue weighted by Gasteiger charge is -2.10. The lowest BCUT2D eigenvalue weighted by Crippen LogP contribution is -2.24. The second kappa shape index (κ2) is 6.50. The van der Waals surface area contributed by atoms with Gasteiger partial charge in [0.05, 0.1) is 29.0 Å². The van der Waals surface area contributed by atoms with Gasteiger partial charge in [-0.1, -0.05) is 0 Å². The summed E-state index contributed by atoms with van der Waals surface area (Å²) in [7, 11) is -3.88. The fraction of sp³-hybridized carbons (Fsp3) is 0.231. The number of aryl methyl sites for hydroxylation is 1. The molecule has 0 aliphatic carbocycles. The van der Waals surface area contributed by atoms with Crippen molar-refractivity contribution in [2.75, 3.05) is 0 Å². The van der Waals surface area contributed by atoms with Crippen LogP contribution in [0.5, 0.6) is 5.75 Å². The number of halogens is 3. The monoisotopic (exact) mass is 347 g/mol. The Morgan fingerprint density at radius 1 is 1.13 bits per heavy atom. The van der Waals surface area contributed by atoms with Gasteiger partial charge in [0, 0.05) is 6.20 Å². The standard InChI is InChI=1S/C13H12F3N3O3S/c1-9-6-18-10(7-17-9)8-19-23(20,21)12-4-2-11(3-5-12)22-13(14,15)16/h2-7,19H,8H2,1H3. The van der Waals surface area contributed by atoms with Crippen molar-refractivity contribution in [1.82, 2.24) is 14.7 Å². The van der Waals surface area contributed by atoms with Crippen molar-refractivity contribution in [1.29, 1.82) is 0 Å². The molecule has 0 amide bonds. The fourth-order valence-electron chi connectivity index (χ4n) is 1.58. The summed E-state index contributed by atoms with van der Waals surface area (Å²) < 4.78 is 66.2. The van der Waals surface area contributed by atoms with Crippen molar-refractivity contribution in [2.24, 2.45) is 0 Å². The van der Waals surface area contributed by atoms with E-state index in [1.807, 2.05) is 0 Å². The number of hydrogen-bond donors (Lipinski definition) is 1. The van der Waals surface area contributed by atoms with E-state index < -0.39 is 22.1 Å². The highest BCUT2D eigenvalue weighted by molar-refractivity contribution is 7.89. The third-order valence-electron chi connectivity index (χ3n) is 2.65. The first-order valence-electron chi connectivity index (χ1n) is 6.29. The third kappa shape index (κ3) is 5.18. The molecule has 1 heterocycles. The maximum absolute atomic E-state index is 12.0. The molecule has 1 aromatic carbocycles. The highest BCUT2D eigenvalue weighted by atomic mass is 32.2. The van der Waals surface area contributed by atoms with Crippen molar-refractivity contribution < 1.29 is 26.3 Å². The van der Waals surface area contributed by atoms with Crippen LogP contribution in [0, 0.1) is 6.92 Å². The SMILES string of the molecule is Cc1cnc(CNS(=O)(=O)c2ccc(OC(F)(F)F)cc2)cn1. The average molecular weight is 347 g/mol. The molecule has 0 atom stereocenters. The van der Waals surface area contributed by atoms with E-state index >= 15 is 0 Å². The van der Waals surface area contributed by atoms with Gasteiger partial charge in [-0.2, -0.15) is 0 Å². The Hall–Kier alpha value is -2.20. The lowest BCUT2D eigenvalue weighted by molar-refractivity contribution is -0.274. The molecule has 1 aromatic heterocycles. The van der Waals surface area contributed by atoms with Crippen molar-refractivity contribution in [3.63, 3.8) is 0 Å². The number of nitrogens with zero attached hydrogens (tertiary/aromatic N) is 2. The van der Waals surface area contributed by atoms with Crippen LogP contribution in [0.1, 0.15) is 11.4 Å². The molecule has 0 aliphatic heterocycles. The zero-order valence-electron chi connectivity index (χ0n) is 11.8. The molecule has 2 aromatic rings. The van der Waals surface area contributed by atoms with Crippen LogP contribution in [0.4, 0.5) is 13.2 Å². The number of aromatic nitrogens is 2. The first-order valence-corrected chi connectivity index (χ1v) is 7.77. The number of ether oxygens (including phenoxy) is 1. The Kier molecular flexibility index (Phi) is 4.85. The maximum Gasteiger partial charge on any atom is 0.573 e. The zero-order valence-corrected chi connectivity index (χ0v) is 12.6. The predicted octanol–water partition coefficient (Wildman–Crippen LogP) is 2.16. The molecule has 0 radical (unpaired) electrons. The molecule has 1 N–H and O–H groups in total. The number of alkyl halides is 3. The molecule has 10 heteroatoms. The fourth-order valence-corrected chi connectivity index (χ4v) is 2.58. The first-order chi connectivity index (χ1) is 10.7. The Bertz CT molecular complexity index is 760. The summed E-state index contributed by atoms with van der Waals surface area (Å²) in [5.74, 6) is -0.499. The summed E-state index contributed by atoms with van der Waals surface area (Å²) in [4.78, 5) is 7.78. The number of hydrogen-bond acceptors (Lipinski definition) is 5. The van der Waals surface area contributed by atoms with Gasteiger partial charge in [0.1, 0.15) is 5.75 Å². The highest BCUT2D eigenvalue weighted by Gasteiger charge is 2.31. The van der Waals surface area contributed by atoms with E-state index in [0.29, 0.717) is 11.4 Å². The molecule has 0 saturated carbocycles. The minimum atomic E-state index is -4.83. The molecule has 0 saturated heterocycles. The Labute approximate surface area is 130 Å². The van der Waals surface area contributed by atoms with E-state index in [9.17, 15) is 21.6 Å². The van der Waals surface area contributed by atoms with Crippen LogP contribution in [0.3, 0.4) is 0 Å². The van der Waals surface area contributed by atoms with E-state index in [-0.39, 0.29) is 11.4 Å². The summed E-state index contributed by atoms with van der Waals surface area (Å²) in [6.07, 6.45) is -1.91. The Balaban J connectivity index is 2.05. The minimum Gasteiger partial charge on any atom is -0.406 e. The Morgan fingerprint density at radius 3 is 2.30 bits per heavy atom. The number of rotatable bonds is 5. The van der Waals surface area contributed by atoms with Gasteiger partial charge in [-0.05, 0) is 31.2 Å². The topological polar surface area (TPSA) is 81.2 Å². The van der Waals surface area contributed by atoms with Crippen molar-refractivity contribution >= 4 is 10.0 Å². The second-order valence-corrected chi connectivity index (χ2v) is 6.26. The molecule has 2 rings (SSSR count). The van der Waals surface area contributed by atoms with E-state index in [4.69, 9.17) is 0 Å². The average Bonchev–Trinajstić information content (AvgIpc) is 2.46. The van der Waals surface area contributed by atoms with Crippen LogP contribution < -0.4 is 9.46 Å². The van der Waals surface area contributed by atoms with E-state index in [0.717, 1.165) is 24.3 Å². The molecule has 23 heavy (non-hydrogen) atoms. The molecule has 0 bridgehead atoms. The number of nitrogens with one attached hydrogen (secondary N) is 1. The number of sulfonamides is 1. The van der Waals surface area contributed by atoms with Crippen molar-refractivity contribution in [2.45, 2.75) is 24.7 Å². The largest absolute Gasteiger partial charge is 0.573 e. The molecule has 6 nitrogen and oxygen atoms in total. The number of benzene rings is 1. The van der Waals surface area contributed by atoms with Gasteiger partial charge < -0.3 is 4.74 Å². The summed E-state index contributed by atoms with van der Waals surface area (Å²) >= 11 is 0. The molecule has 0 unspecified atom stereocenters. The van der Waals surface area contributed by atoms with Crippen LogP contribution in [-0.2, 0) is 16.6 Å². The third-order valence-corrected chi connectivity index (χ3v) is 4.06. The summed E-state index contributed by atoms with van der Waals surface area (Å²) in [5, 5.41) is 0. The van der Waals surface area contributed by atoms with Gasteiger partial charge in [-0.3, -0.25) is 9.97 Å². The van der Waals surface area contributed by atoms with Gasteiger partial charge in [-0.25, -0.2) is 13.1 Å². The second-order valence-electron chi connectivity index (χ2n) is 4.49. The maximum atomic E-state index is 12.0. The van der Waals surface area contributed by atoms with Gasteiger partial charge >= 0.3 is 6.36 Å². The van der Waals surface area contributed by atoms with Crippen LogP contribution in [0.25, 0.3) is 0 Å². The molecule has 0 aliphatic rings. The smallest absolute Gasteiger partial charge is 0.406 e. The lowest BCUT2D eigenvalue weighted by atomic mass is 10.3. The van der Waals surface area contributed by atoms with Crippen molar-refractivity contribution in [3.8, 4) is 5.75 Å². The zero-order chi connectivity index (χ0) is 17.1. The van der Waals surface area contributed by atoms with Gasteiger partial charge in [-0.15, -0.1) is 13.2 Å². The van der Waals surface area contributed by atoms with E-state index in [1.54, 1.807) is 6.92 Å². The minimum absolute atomic E-state index is 0.0869. The molecule has 0 fully saturated rings. The molecule has 0 spiro atoms. The predicted molar refractivity (Wildman–Crippen MR) is 73.9 cm³/mol. The van der Waals surface area contributed by atoms with Gasteiger partial charge in [0.2, 0.25) is 10.0 Å². The van der Waals surface area contributed by atoms with E-state index in [1.165, 1.54) is 12.4 Å². The quantitative estimate of drug-likeness (QED) is 0.896. The van der Waals surface area contributed by atoms with Crippen LogP contribution in [0.2, 0.25) is 0 Å². The Morgan fingerprint density at radius 2 is 1.78 bits per heavy atom. The molecular weight excluding hydrogens is 335 g/mol. The molecule has 124 valence electrons.